The summed E-state index contributed by atoms with van der Waals surface area (Å²) < 4.78 is 0. The van der Waals surface area contributed by atoms with Gasteiger partial charge in [-0.25, -0.2) is 0 Å². The van der Waals surface area contributed by atoms with Gasteiger partial charge >= 0.3 is 0 Å². The van der Waals surface area contributed by atoms with E-state index in [0.29, 0.717) is 0 Å². The molecule has 0 unspecified atom stereocenters. The summed E-state index contributed by atoms with van der Waals surface area (Å²) in [4.78, 5) is 0.970. The molecule has 1 rings (SSSR count). The van der Waals surface area contributed by atoms with Crippen molar-refractivity contribution in [3.8, 4) is 24.0 Å². The molecule has 0 nitrogen and oxygen atoms in total. The summed E-state index contributed by atoms with van der Waals surface area (Å²) in [5, 5.41) is 2.48. The maximum absolute atomic E-state index is 5.25. The SMILES string of the molecule is C#CSc1ccccc1C#C. The zero-order chi connectivity index (χ0) is 8.10. The van der Waals surface area contributed by atoms with Crippen molar-refractivity contribution in [3.63, 3.8) is 0 Å². The van der Waals surface area contributed by atoms with Gasteiger partial charge in [-0.3, -0.25) is 0 Å². The average molecular weight is 158 g/mol. The highest BCUT2D eigenvalue weighted by atomic mass is 32.2. The molecule has 0 aliphatic heterocycles. The number of hydrogen-bond donors (Lipinski definition) is 0. The van der Waals surface area contributed by atoms with Crippen molar-refractivity contribution >= 4 is 11.8 Å². The highest BCUT2D eigenvalue weighted by Gasteiger charge is 1.95. The summed E-state index contributed by atoms with van der Waals surface area (Å²) >= 11 is 1.31. The van der Waals surface area contributed by atoms with Crippen LogP contribution in [0, 0.1) is 24.0 Å². The molecule has 1 heteroatoms. The average Bonchev–Trinajstić information content (AvgIpc) is 2.06. The number of thioether (sulfide) groups is 1. The molecule has 0 amide bonds. The van der Waals surface area contributed by atoms with Crippen molar-refractivity contribution < 1.29 is 0 Å². The summed E-state index contributed by atoms with van der Waals surface area (Å²) in [5.74, 6) is 2.56. The molecule has 0 aliphatic carbocycles. The van der Waals surface area contributed by atoms with E-state index in [1.165, 1.54) is 11.8 Å². The Morgan fingerprint density at radius 3 is 2.55 bits per heavy atom. The van der Waals surface area contributed by atoms with Gasteiger partial charge in [0.15, 0.2) is 0 Å². The maximum atomic E-state index is 5.25. The summed E-state index contributed by atoms with van der Waals surface area (Å²) in [6, 6.07) is 7.61. The number of benzene rings is 1. The molecule has 0 bridgehead atoms. The van der Waals surface area contributed by atoms with Crippen LogP contribution in [0.25, 0.3) is 0 Å². The van der Waals surface area contributed by atoms with Crippen molar-refractivity contribution in [2.75, 3.05) is 0 Å². The number of terminal acetylenes is 2. The van der Waals surface area contributed by atoms with E-state index >= 15 is 0 Å². The van der Waals surface area contributed by atoms with E-state index in [0.717, 1.165) is 10.5 Å². The van der Waals surface area contributed by atoms with Crippen LogP contribution in [0.2, 0.25) is 0 Å². The van der Waals surface area contributed by atoms with E-state index in [1.807, 2.05) is 24.3 Å². The predicted molar refractivity (Wildman–Crippen MR) is 49.1 cm³/mol. The second kappa shape index (κ2) is 3.76. The van der Waals surface area contributed by atoms with Gasteiger partial charge in [0.2, 0.25) is 0 Å². The second-order valence-corrected chi connectivity index (χ2v) is 2.74. The van der Waals surface area contributed by atoms with Crippen molar-refractivity contribution in [1.29, 1.82) is 0 Å². The molecule has 0 aromatic heterocycles. The zero-order valence-corrected chi connectivity index (χ0v) is 6.69. The van der Waals surface area contributed by atoms with Gasteiger partial charge in [-0.2, -0.15) is 0 Å². The van der Waals surface area contributed by atoms with Crippen LogP contribution in [0.15, 0.2) is 29.2 Å². The maximum Gasteiger partial charge on any atom is 0.0388 e. The van der Waals surface area contributed by atoms with Crippen LogP contribution in [0.5, 0.6) is 0 Å². The topological polar surface area (TPSA) is 0 Å². The Balaban J connectivity index is 3.07. The van der Waals surface area contributed by atoms with Gasteiger partial charge in [0.25, 0.3) is 0 Å². The lowest BCUT2D eigenvalue weighted by molar-refractivity contribution is 1.42. The Kier molecular flexibility index (Phi) is 2.66. The first-order chi connectivity index (χ1) is 5.38. The summed E-state index contributed by atoms with van der Waals surface area (Å²) in [7, 11) is 0. The third-order valence-corrected chi connectivity index (χ3v) is 1.91. The molecule has 0 saturated carbocycles. The fraction of sp³-hybridized carbons (Fsp3) is 0. The third-order valence-electron chi connectivity index (χ3n) is 1.21. The first-order valence-electron chi connectivity index (χ1n) is 3.06. The van der Waals surface area contributed by atoms with E-state index in [1.54, 1.807) is 0 Å². The second-order valence-electron chi connectivity index (χ2n) is 1.86. The fourth-order valence-electron chi connectivity index (χ4n) is 0.738. The van der Waals surface area contributed by atoms with E-state index in [9.17, 15) is 0 Å². The Morgan fingerprint density at radius 1 is 1.18 bits per heavy atom. The minimum atomic E-state index is 0.857. The van der Waals surface area contributed by atoms with Crippen LogP contribution < -0.4 is 0 Å². The summed E-state index contributed by atoms with van der Waals surface area (Å²) in [5.41, 5.74) is 0.857. The molecule has 0 atom stereocenters. The Morgan fingerprint density at radius 2 is 1.91 bits per heavy atom. The monoisotopic (exact) mass is 158 g/mol. The molecule has 0 saturated heterocycles. The molecule has 0 radical (unpaired) electrons. The highest BCUT2D eigenvalue weighted by molar-refractivity contribution is 8.04. The first kappa shape index (κ1) is 7.79. The Bertz CT molecular complexity index is 325. The lowest BCUT2D eigenvalue weighted by Gasteiger charge is -1.96. The van der Waals surface area contributed by atoms with E-state index < -0.39 is 0 Å². The third kappa shape index (κ3) is 1.80. The summed E-state index contributed by atoms with van der Waals surface area (Å²) in [6.45, 7) is 0. The van der Waals surface area contributed by atoms with Crippen LogP contribution in [-0.2, 0) is 0 Å². The van der Waals surface area contributed by atoms with Crippen molar-refractivity contribution in [2.24, 2.45) is 0 Å². The largest absolute Gasteiger partial charge is 0.115 e. The smallest absolute Gasteiger partial charge is 0.0388 e. The lowest BCUT2D eigenvalue weighted by atomic mass is 10.2. The fourth-order valence-corrected chi connectivity index (χ4v) is 1.25. The molecule has 0 N–H and O–H groups in total. The van der Waals surface area contributed by atoms with Gasteiger partial charge in [0, 0.05) is 10.5 Å². The molecule has 0 aliphatic rings. The number of rotatable bonds is 1. The van der Waals surface area contributed by atoms with Crippen LogP contribution in [0.4, 0.5) is 0 Å². The number of hydrogen-bond acceptors (Lipinski definition) is 1. The van der Waals surface area contributed by atoms with Crippen LogP contribution >= 0.6 is 11.8 Å². The van der Waals surface area contributed by atoms with Gasteiger partial charge in [-0.05, 0) is 29.1 Å². The summed E-state index contributed by atoms with van der Waals surface area (Å²) in [6.07, 6.45) is 10.4. The van der Waals surface area contributed by atoms with Crippen molar-refractivity contribution in [1.82, 2.24) is 0 Å². The quantitative estimate of drug-likeness (QED) is 0.446. The molecular weight excluding hydrogens is 152 g/mol. The lowest BCUT2D eigenvalue weighted by Crippen LogP contribution is -1.76. The standard InChI is InChI=1S/C10H6S/c1-3-9-7-5-6-8-10(9)11-4-2/h1-2,5-8H. The zero-order valence-electron chi connectivity index (χ0n) is 5.87. The minimum Gasteiger partial charge on any atom is -0.115 e. The van der Waals surface area contributed by atoms with Crippen molar-refractivity contribution in [2.45, 2.75) is 4.90 Å². The molecule has 1 aromatic carbocycles. The van der Waals surface area contributed by atoms with Crippen LogP contribution in [0.3, 0.4) is 0 Å². The molecule has 0 fully saturated rings. The molecular formula is C10H6S. The van der Waals surface area contributed by atoms with Crippen LogP contribution in [-0.4, -0.2) is 0 Å². The normalized spacial score (nSPS) is 8.18. The molecule has 52 valence electrons. The van der Waals surface area contributed by atoms with E-state index in [2.05, 4.69) is 11.2 Å². The minimum absolute atomic E-state index is 0.857. The van der Waals surface area contributed by atoms with Crippen LogP contribution in [0.1, 0.15) is 5.56 Å². The highest BCUT2D eigenvalue weighted by Crippen LogP contribution is 2.19. The predicted octanol–water partition coefficient (Wildman–Crippen LogP) is 2.35. The van der Waals surface area contributed by atoms with Gasteiger partial charge in [-0.1, -0.05) is 18.1 Å². The van der Waals surface area contributed by atoms with E-state index in [4.69, 9.17) is 12.8 Å². The van der Waals surface area contributed by atoms with E-state index in [-0.39, 0.29) is 0 Å². The molecule has 0 spiro atoms. The Hall–Kier alpha value is -1.31. The molecule has 1 aromatic rings. The van der Waals surface area contributed by atoms with Gasteiger partial charge in [0.05, 0.1) is 0 Å². The van der Waals surface area contributed by atoms with Gasteiger partial charge < -0.3 is 0 Å². The van der Waals surface area contributed by atoms with Crippen molar-refractivity contribution in [3.05, 3.63) is 29.8 Å². The first-order valence-corrected chi connectivity index (χ1v) is 3.88. The molecule has 0 heterocycles. The van der Waals surface area contributed by atoms with Gasteiger partial charge in [-0.15, -0.1) is 12.8 Å². The molecule has 11 heavy (non-hydrogen) atoms. The Labute approximate surface area is 71.0 Å². The van der Waals surface area contributed by atoms with Gasteiger partial charge in [0.1, 0.15) is 0 Å².